The van der Waals surface area contributed by atoms with E-state index in [0.717, 1.165) is 37.2 Å². The van der Waals surface area contributed by atoms with Gasteiger partial charge in [0.25, 0.3) is 0 Å². The van der Waals surface area contributed by atoms with Crippen LogP contribution in [0.25, 0.3) is 5.69 Å². The number of amides is 1. The fourth-order valence-electron chi connectivity index (χ4n) is 2.64. The van der Waals surface area contributed by atoms with Gasteiger partial charge in [-0.05, 0) is 49.7 Å². The number of hydrogen-bond donors (Lipinski definition) is 2. The Morgan fingerprint density at radius 3 is 3.09 bits per heavy atom. The number of nitrogens with zero attached hydrogens (tertiary/aromatic N) is 1. The summed E-state index contributed by atoms with van der Waals surface area (Å²) in [6.07, 6.45) is 7.30. The molecule has 2 N–H and O–H groups in total. The summed E-state index contributed by atoms with van der Waals surface area (Å²) in [5.74, 6) is -0.0123. The third-order valence-corrected chi connectivity index (χ3v) is 4.06. The molecule has 1 aromatic carbocycles. The molecule has 22 heavy (non-hydrogen) atoms. The molecule has 3 rings (SSSR count). The number of carbonyl (C=O) groups excluding carboxylic acids is 1. The molecule has 0 saturated carbocycles. The SMILES string of the molecule is O=C(C[C@H]1CCCCO1)Nc1cccc(-n2cc[nH]c2=S)c1. The molecule has 1 saturated heterocycles. The van der Waals surface area contributed by atoms with Gasteiger partial charge in [-0.25, -0.2) is 0 Å². The number of hydrogen-bond acceptors (Lipinski definition) is 3. The molecule has 0 radical (unpaired) electrons. The molecule has 1 aromatic heterocycles. The van der Waals surface area contributed by atoms with Crippen LogP contribution in [0.1, 0.15) is 25.7 Å². The van der Waals surface area contributed by atoms with Crippen molar-refractivity contribution in [3.63, 3.8) is 0 Å². The third-order valence-electron chi connectivity index (χ3n) is 3.74. The Balaban J connectivity index is 1.66. The van der Waals surface area contributed by atoms with Crippen molar-refractivity contribution in [3.05, 3.63) is 41.4 Å². The Morgan fingerprint density at radius 1 is 1.45 bits per heavy atom. The van der Waals surface area contributed by atoms with E-state index in [1.807, 2.05) is 35.0 Å². The number of imidazole rings is 1. The summed E-state index contributed by atoms with van der Waals surface area (Å²) in [7, 11) is 0. The fourth-order valence-corrected chi connectivity index (χ4v) is 2.88. The average molecular weight is 317 g/mol. The standard InChI is InChI=1S/C16H19N3O2S/c20-15(11-14-6-1-2-9-21-14)18-12-4-3-5-13(10-12)19-8-7-17-16(19)22/h3-5,7-8,10,14H,1-2,6,9,11H2,(H,17,22)(H,18,20)/t14-/m1/s1. The van der Waals surface area contributed by atoms with Gasteiger partial charge < -0.3 is 15.0 Å². The molecule has 2 aromatic rings. The van der Waals surface area contributed by atoms with Crippen LogP contribution < -0.4 is 5.32 Å². The zero-order chi connectivity index (χ0) is 15.4. The number of benzene rings is 1. The first-order chi connectivity index (χ1) is 10.7. The number of carbonyl (C=O) groups is 1. The molecule has 1 amide bonds. The molecule has 0 unspecified atom stereocenters. The monoisotopic (exact) mass is 317 g/mol. The van der Waals surface area contributed by atoms with Gasteiger partial charge in [-0.15, -0.1) is 0 Å². The Morgan fingerprint density at radius 2 is 2.36 bits per heavy atom. The van der Waals surface area contributed by atoms with E-state index in [-0.39, 0.29) is 12.0 Å². The molecule has 0 bridgehead atoms. The van der Waals surface area contributed by atoms with Crippen molar-refractivity contribution in [2.45, 2.75) is 31.8 Å². The average Bonchev–Trinajstić information content (AvgIpc) is 2.94. The summed E-state index contributed by atoms with van der Waals surface area (Å²) in [5, 5.41) is 2.93. The number of rotatable bonds is 4. The number of ether oxygens (including phenoxy) is 1. The van der Waals surface area contributed by atoms with Gasteiger partial charge in [0.1, 0.15) is 0 Å². The number of nitrogens with one attached hydrogen (secondary N) is 2. The van der Waals surface area contributed by atoms with Gasteiger partial charge in [0.15, 0.2) is 4.77 Å². The van der Waals surface area contributed by atoms with E-state index in [0.29, 0.717) is 11.2 Å². The molecule has 2 heterocycles. The quantitative estimate of drug-likeness (QED) is 0.849. The van der Waals surface area contributed by atoms with Crippen LogP contribution in [0.3, 0.4) is 0 Å². The molecule has 5 nitrogen and oxygen atoms in total. The normalized spacial score (nSPS) is 18.1. The van der Waals surface area contributed by atoms with Gasteiger partial charge in [0.05, 0.1) is 12.5 Å². The van der Waals surface area contributed by atoms with E-state index in [2.05, 4.69) is 10.3 Å². The first-order valence-corrected chi connectivity index (χ1v) is 7.91. The predicted octanol–water partition coefficient (Wildman–Crippen LogP) is 3.43. The van der Waals surface area contributed by atoms with Crippen LogP contribution in [-0.4, -0.2) is 28.2 Å². The van der Waals surface area contributed by atoms with Crippen molar-refractivity contribution in [2.75, 3.05) is 11.9 Å². The second-order valence-corrected chi connectivity index (χ2v) is 5.81. The van der Waals surface area contributed by atoms with E-state index in [1.165, 1.54) is 0 Å². The van der Waals surface area contributed by atoms with Gasteiger partial charge in [0.2, 0.25) is 5.91 Å². The van der Waals surface area contributed by atoms with Crippen LogP contribution in [0.2, 0.25) is 0 Å². The summed E-state index contributed by atoms with van der Waals surface area (Å²) in [4.78, 5) is 15.1. The summed E-state index contributed by atoms with van der Waals surface area (Å²) in [6, 6.07) is 7.63. The molecule has 1 atom stereocenters. The zero-order valence-corrected chi connectivity index (χ0v) is 13.1. The molecular formula is C16H19N3O2S. The highest BCUT2D eigenvalue weighted by molar-refractivity contribution is 7.71. The van der Waals surface area contributed by atoms with Gasteiger partial charge in [-0.3, -0.25) is 9.36 Å². The molecule has 0 spiro atoms. The largest absolute Gasteiger partial charge is 0.378 e. The Kier molecular flexibility index (Phi) is 4.70. The number of aromatic amines is 1. The summed E-state index contributed by atoms with van der Waals surface area (Å²) in [5.41, 5.74) is 1.68. The van der Waals surface area contributed by atoms with Crippen LogP contribution >= 0.6 is 12.2 Å². The van der Waals surface area contributed by atoms with Crippen LogP contribution in [0.5, 0.6) is 0 Å². The maximum atomic E-state index is 12.1. The van der Waals surface area contributed by atoms with E-state index in [9.17, 15) is 4.79 Å². The second kappa shape index (κ2) is 6.89. The predicted molar refractivity (Wildman–Crippen MR) is 87.8 cm³/mol. The summed E-state index contributed by atoms with van der Waals surface area (Å²) >= 11 is 5.21. The second-order valence-electron chi connectivity index (χ2n) is 5.43. The first kappa shape index (κ1) is 15.0. The Bertz CT molecular complexity index is 701. The summed E-state index contributed by atoms with van der Waals surface area (Å²) < 4.78 is 8.08. The highest BCUT2D eigenvalue weighted by atomic mass is 32.1. The minimum Gasteiger partial charge on any atom is -0.378 e. The van der Waals surface area contributed by atoms with Crippen LogP contribution in [0, 0.1) is 4.77 Å². The third kappa shape index (κ3) is 3.64. The molecule has 116 valence electrons. The lowest BCUT2D eigenvalue weighted by atomic mass is 10.1. The van der Waals surface area contributed by atoms with E-state index < -0.39 is 0 Å². The van der Waals surface area contributed by atoms with Crippen molar-refractivity contribution in [1.82, 2.24) is 9.55 Å². The van der Waals surface area contributed by atoms with Crippen molar-refractivity contribution in [2.24, 2.45) is 0 Å². The molecule has 6 heteroatoms. The van der Waals surface area contributed by atoms with Gasteiger partial charge in [-0.1, -0.05) is 6.07 Å². The van der Waals surface area contributed by atoms with Crippen molar-refractivity contribution in [3.8, 4) is 5.69 Å². The molecule has 1 aliphatic heterocycles. The zero-order valence-electron chi connectivity index (χ0n) is 12.2. The summed E-state index contributed by atoms with van der Waals surface area (Å²) in [6.45, 7) is 0.763. The number of H-pyrrole nitrogens is 1. The fraction of sp³-hybridized carbons (Fsp3) is 0.375. The van der Waals surface area contributed by atoms with Crippen LogP contribution in [-0.2, 0) is 9.53 Å². The molecule has 1 fully saturated rings. The number of aromatic nitrogens is 2. The van der Waals surface area contributed by atoms with Crippen LogP contribution in [0.15, 0.2) is 36.7 Å². The maximum Gasteiger partial charge on any atom is 0.226 e. The lowest BCUT2D eigenvalue weighted by molar-refractivity contribution is -0.119. The highest BCUT2D eigenvalue weighted by Gasteiger charge is 2.17. The van der Waals surface area contributed by atoms with Gasteiger partial charge in [0, 0.05) is 30.4 Å². The maximum absolute atomic E-state index is 12.1. The van der Waals surface area contributed by atoms with Crippen LogP contribution in [0.4, 0.5) is 5.69 Å². The minimum absolute atomic E-state index is 0.0123. The van der Waals surface area contributed by atoms with E-state index in [1.54, 1.807) is 6.20 Å². The number of anilines is 1. The lowest BCUT2D eigenvalue weighted by Gasteiger charge is -2.22. The first-order valence-electron chi connectivity index (χ1n) is 7.50. The van der Waals surface area contributed by atoms with Gasteiger partial charge >= 0.3 is 0 Å². The Labute approximate surface area is 134 Å². The molecular weight excluding hydrogens is 298 g/mol. The molecule has 1 aliphatic rings. The topological polar surface area (TPSA) is 59.0 Å². The van der Waals surface area contributed by atoms with Gasteiger partial charge in [-0.2, -0.15) is 0 Å². The minimum atomic E-state index is -0.0123. The highest BCUT2D eigenvalue weighted by Crippen LogP contribution is 2.18. The molecule has 0 aliphatic carbocycles. The van der Waals surface area contributed by atoms with E-state index >= 15 is 0 Å². The van der Waals surface area contributed by atoms with Crippen molar-refractivity contribution in [1.29, 1.82) is 0 Å². The Hall–Kier alpha value is -1.92. The van der Waals surface area contributed by atoms with Crippen molar-refractivity contribution >= 4 is 23.8 Å². The smallest absolute Gasteiger partial charge is 0.226 e. The lowest BCUT2D eigenvalue weighted by Crippen LogP contribution is -2.25. The van der Waals surface area contributed by atoms with Crippen molar-refractivity contribution < 1.29 is 9.53 Å². The van der Waals surface area contributed by atoms with E-state index in [4.69, 9.17) is 17.0 Å².